The van der Waals surface area contributed by atoms with E-state index in [-0.39, 0.29) is 18.9 Å². The zero-order valence-corrected chi connectivity index (χ0v) is 15.6. The summed E-state index contributed by atoms with van der Waals surface area (Å²) in [5.41, 5.74) is 0.395. The smallest absolute Gasteiger partial charge is 0.407 e. The van der Waals surface area contributed by atoms with Crippen LogP contribution in [0.1, 0.15) is 32.8 Å². The lowest BCUT2D eigenvalue weighted by Gasteiger charge is -2.24. The van der Waals surface area contributed by atoms with Gasteiger partial charge in [-0.05, 0) is 26.3 Å². The molecule has 7 heteroatoms. The van der Waals surface area contributed by atoms with Crippen molar-refractivity contribution in [1.82, 2.24) is 10.4 Å². The Morgan fingerprint density at radius 2 is 1.84 bits per heavy atom. The van der Waals surface area contributed by atoms with Gasteiger partial charge in [0.2, 0.25) is 5.91 Å². The van der Waals surface area contributed by atoms with E-state index in [0.717, 1.165) is 10.6 Å². The van der Waals surface area contributed by atoms with Crippen molar-refractivity contribution in [3.63, 3.8) is 0 Å². The molecule has 0 aliphatic carbocycles. The molecule has 2 amide bonds. The predicted molar refractivity (Wildman–Crippen MR) is 93.7 cm³/mol. The van der Waals surface area contributed by atoms with Crippen molar-refractivity contribution in [3.05, 3.63) is 35.9 Å². The van der Waals surface area contributed by atoms with Crippen LogP contribution in [0.4, 0.5) is 4.79 Å². The molecule has 0 radical (unpaired) electrons. The lowest BCUT2D eigenvalue weighted by Crippen LogP contribution is -2.44. The van der Waals surface area contributed by atoms with E-state index in [1.165, 1.54) is 14.2 Å². The Morgan fingerprint density at radius 1 is 1.20 bits per heavy atom. The fourth-order valence-electron chi connectivity index (χ4n) is 1.96. The molecule has 0 unspecified atom stereocenters. The maximum absolute atomic E-state index is 12.0. The molecular formula is C18H28N2O5. The van der Waals surface area contributed by atoms with Gasteiger partial charge in [0.25, 0.3) is 0 Å². The summed E-state index contributed by atoms with van der Waals surface area (Å²) in [6, 6.07) is 9.14. The van der Waals surface area contributed by atoms with E-state index in [1.54, 1.807) is 20.8 Å². The minimum Gasteiger partial charge on any atom is -0.444 e. The number of alkyl carbamates (subject to hydrolysis) is 1. The number of amides is 2. The van der Waals surface area contributed by atoms with Gasteiger partial charge in [0, 0.05) is 7.05 Å². The molecule has 0 saturated heterocycles. The summed E-state index contributed by atoms with van der Waals surface area (Å²) in [6.07, 6.45) is -0.549. The molecule has 7 nitrogen and oxygen atoms in total. The Hall–Kier alpha value is -2.12. The third-order valence-electron chi connectivity index (χ3n) is 3.20. The molecule has 0 aromatic heterocycles. The van der Waals surface area contributed by atoms with Crippen molar-refractivity contribution in [2.24, 2.45) is 0 Å². The van der Waals surface area contributed by atoms with E-state index >= 15 is 0 Å². The number of hydrogen-bond acceptors (Lipinski definition) is 5. The number of nitrogens with zero attached hydrogens (tertiary/aromatic N) is 1. The first-order valence-corrected chi connectivity index (χ1v) is 8.13. The van der Waals surface area contributed by atoms with Crippen LogP contribution in [0.25, 0.3) is 0 Å². The average Bonchev–Trinajstić information content (AvgIpc) is 2.53. The van der Waals surface area contributed by atoms with Crippen LogP contribution in [-0.4, -0.2) is 49.5 Å². The van der Waals surface area contributed by atoms with Gasteiger partial charge in [-0.2, -0.15) is 0 Å². The molecule has 0 saturated carbocycles. The molecule has 0 heterocycles. The Kier molecular flexibility index (Phi) is 8.37. The van der Waals surface area contributed by atoms with Gasteiger partial charge in [0.15, 0.2) is 0 Å². The van der Waals surface area contributed by atoms with Gasteiger partial charge >= 0.3 is 6.09 Å². The number of benzene rings is 1. The number of carbonyl (C=O) groups excluding carboxylic acids is 2. The number of ether oxygens (including phenoxy) is 2. The molecule has 0 aliphatic heterocycles. The molecule has 0 fully saturated rings. The summed E-state index contributed by atoms with van der Waals surface area (Å²) in [5, 5.41) is 3.79. The van der Waals surface area contributed by atoms with Crippen molar-refractivity contribution in [1.29, 1.82) is 0 Å². The van der Waals surface area contributed by atoms with Crippen LogP contribution < -0.4 is 5.32 Å². The molecule has 140 valence electrons. The van der Waals surface area contributed by atoms with E-state index in [0.29, 0.717) is 6.61 Å². The molecule has 0 aliphatic rings. The quantitative estimate of drug-likeness (QED) is 0.728. The molecule has 0 bridgehead atoms. The summed E-state index contributed by atoms with van der Waals surface area (Å²) in [7, 11) is 2.91. The van der Waals surface area contributed by atoms with Gasteiger partial charge in [0.05, 0.1) is 32.8 Å². The number of hydroxylamine groups is 2. The van der Waals surface area contributed by atoms with Crippen molar-refractivity contribution in [3.8, 4) is 0 Å². The van der Waals surface area contributed by atoms with Crippen LogP contribution in [-0.2, 0) is 25.7 Å². The van der Waals surface area contributed by atoms with E-state index in [9.17, 15) is 9.59 Å². The van der Waals surface area contributed by atoms with Crippen LogP contribution in [0.15, 0.2) is 30.3 Å². The lowest BCUT2D eigenvalue weighted by molar-refractivity contribution is -0.169. The van der Waals surface area contributed by atoms with E-state index in [1.807, 2.05) is 30.3 Å². The highest BCUT2D eigenvalue weighted by molar-refractivity contribution is 5.76. The normalized spacial score (nSPS) is 12.4. The van der Waals surface area contributed by atoms with Crippen LogP contribution >= 0.6 is 0 Å². The van der Waals surface area contributed by atoms with Crippen LogP contribution in [0.5, 0.6) is 0 Å². The van der Waals surface area contributed by atoms with Crippen LogP contribution in [0, 0.1) is 0 Å². The first-order chi connectivity index (χ1) is 11.7. The highest BCUT2D eigenvalue weighted by Crippen LogP contribution is 2.08. The predicted octanol–water partition coefficient (Wildman–Crippen LogP) is 2.51. The van der Waals surface area contributed by atoms with E-state index < -0.39 is 17.7 Å². The molecule has 1 N–H and O–H groups in total. The highest BCUT2D eigenvalue weighted by atomic mass is 16.7. The number of rotatable bonds is 8. The Labute approximate surface area is 149 Å². The summed E-state index contributed by atoms with van der Waals surface area (Å²) in [4.78, 5) is 28.9. The molecule has 1 atom stereocenters. The van der Waals surface area contributed by atoms with Gasteiger partial charge in [-0.15, -0.1) is 0 Å². The fourth-order valence-corrected chi connectivity index (χ4v) is 1.96. The van der Waals surface area contributed by atoms with Crippen molar-refractivity contribution in [2.45, 2.75) is 45.4 Å². The largest absolute Gasteiger partial charge is 0.444 e. The number of hydrogen-bond donors (Lipinski definition) is 1. The van der Waals surface area contributed by atoms with Crippen LogP contribution in [0.2, 0.25) is 0 Å². The van der Waals surface area contributed by atoms with Gasteiger partial charge in [0.1, 0.15) is 5.60 Å². The first-order valence-electron chi connectivity index (χ1n) is 8.13. The topological polar surface area (TPSA) is 77.1 Å². The maximum atomic E-state index is 12.0. The van der Waals surface area contributed by atoms with Gasteiger partial charge < -0.3 is 14.8 Å². The maximum Gasteiger partial charge on any atom is 0.407 e. The van der Waals surface area contributed by atoms with Crippen molar-refractivity contribution in [2.75, 3.05) is 20.8 Å². The third-order valence-corrected chi connectivity index (χ3v) is 3.20. The van der Waals surface area contributed by atoms with E-state index in [4.69, 9.17) is 14.3 Å². The second-order valence-corrected chi connectivity index (χ2v) is 6.62. The lowest BCUT2D eigenvalue weighted by atomic mass is 10.2. The fraction of sp³-hybridized carbons (Fsp3) is 0.556. The Bertz CT molecular complexity index is 542. The van der Waals surface area contributed by atoms with E-state index in [2.05, 4.69) is 5.32 Å². The van der Waals surface area contributed by atoms with Crippen LogP contribution in [0.3, 0.4) is 0 Å². The molecule has 1 rings (SSSR count). The minimum atomic E-state index is -0.618. The zero-order chi connectivity index (χ0) is 18.9. The molecule has 1 aromatic rings. The summed E-state index contributed by atoms with van der Waals surface area (Å²) in [5.74, 6) is -0.271. The molecule has 1 aromatic carbocycles. The standard InChI is InChI=1S/C18H28N2O5/c1-18(2,3)25-17(22)19-15(11-16(21)20(4)23-5)13-24-12-14-9-7-6-8-10-14/h6-10,15H,11-13H2,1-5H3,(H,19,22)/t15-/m0/s1. The SMILES string of the molecule is CON(C)C(=O)C[C@@H](COCc1ccccc1)NC(=O)OC(C)(C)C. The zero-order valence-electron chi connectivity index (χ0n) is 15.6. The Morgan fingerprint density at radius 3 is 2.40 bits per heavy atom. The van der Waals surface area contributed by atoms with Crippen molar-refractivity contribution >= 4 is 12.0 Å². The van der Waals surface area contributed by atoms with Gasteiger partial charge in [-0.1, -0.05) is 30.3 Å². The summed E-state index contributed by atoms with van der Waals surface area (Å²) in [6.45, 7) is 5.89. The Balaban J connectivity index is 2.60. The summed E-state index contributed by atoms with van der Waals surface area (Å²) < 4.78 is 10.9. The average molecular weight is 352 g/mol. The molecular weight excluding hydrogens is 324 g/mol. The third kappa shape index (κ3) is 9.07. The molecule has 25 heavy (non-hydrogen) atoms. The highest BCUT2D eigenvalue weighted by Gasteiger charge is 2.23. The summed E-state index contributed by atoms with van der Waals surface area (Å²) >= 11 is 0. The van der Waals surface area contributed by atoms with Gasteiger partial charge in [-0.25, -0.2) is 9.86 Å². The number of carbonyl (C=O) groups is 2. The second-order valence-electron chi connectivity index (χ2n) is 6.62. The van der Waals surface area contributed by atoms with Gasteiger partial charge in [-0.3, -0.25) is 9.63 Å². The van der Waals surface area contributed by atoms with Crippen molar-refractivity contribution < 1.29 is 23.9 Å². The first kappa shape index (κ1) is 20.9. The number of nitrogens with one attached hydrogen (secondary N) is 1. The molecule has 0 spiro atoms. The minimum absolute atomic E-state index is 0.0401. The second kappa shape index (κ2) is 10.0. The monoisotopic (exact) mass is 352 g/mol.